The van der Waals surface area contributed by atoms with E-state index in [9.17, 15) is 22.8 Å². The Kier molecular flexibility index (Phi) is 9.94. The number of anilines is 1. The SMILES string of the molecule is C[C@@H](CO[C@@H]1CCN(C2CCN(C3NCC(C(F)(F)F)CN3C3CCCCC3)CC2)C1=O)Nc1cn[nH]c(=O)c1Br. The average molecular weight is 649 g/mol. The number of hydrogen-bond acceptors (Lipinski definition) is 8. The molecule has 1 saturated carbocycles. The van der Waals surface area contributed by atoms with Crippen molar-refractivity contribution in [1.82, 2.24) is 30.2 Å². The number of ether oxygens (including phenoxy) is 1. The molecule has 230 valence electrons. The van der Waals surface area contributed by atoms with Crippen LogP contribution in [0.2, 0.25) is 0 Å². The summed E-state index contributed by atoms with van der Waals surface area (Å²) >= 11 is 3.25. The van der Waals surface area contributed by atoms with Crippen molar-refractivity contribution in [3.63, 3.8) is 0 Å². The zero-order valence-electron chi connectivity index (χ0n) is 23.5. The number of carbonyl (C=O) groups is 1. The molecule has 3 N–H and O–H groups in total. The molecular weight excluding hydrogens is 607 g/mol. The molecule has 2 unspecified atom stereocenters. The van der Waals surface area contributed by atoms with E-state index in [0.29, 0.717) is 29.7 Å². The highest BCUT2D eigenvalue weighted by atomic mass is 79.9. The number of hydrogen-bond donors (Lipinski definition) is 3. The lowest BCUT2D eigenvalue weighted by Gasteiger charge is -2.51. The van der Waals surface area contributed by atoms with E-state index in [0.717, 1.165) is 58.0 Å². The highest BCUT2D eigenvalue weighted by Crippen LogP contribution is 2.34. The van der Waals surface area contributed by atoms with Gasteiger partial charge in [0.15, 0.2) is 0 Å². The zero-order chi connectivity index (χ0) is 29.1. The summed E-state index contributed by atoms with van der Waals surface area (Å²) in [6, 6.07) is 0.140. The number of piperidine rings is 1. The second-order valence-corrected chi connectivity index (χ2v) is 12.7. The molecule has 0 radical (unpaired) electrons. The number of carbonyl (C=O) groups excluding carboxylic acids is 1. The molecule has 5 rings (SSSR count). The van der Waals surface area contributed by atoms with Gasteiger partial charge in [-0.3, -0.25) is 24.7 Å². The number of likely N-dealkylation sites (tertiary alicyclic amines) is 2. The molecule has 4 fully saturated rings. The number of alkyl halides is 3. The maximum atomic E-state index is 13.6. The van der Waals surface area contributed by atoms with Gasteiger partial charge in [-0.2, -0.15) is 18.3 Å². The minimum atomic E-state index is -4.20. The van der Waals surface area contributed by atoms with Crippen LogP contribution in [0.15, 0.2) is 15.5 Å². The van der Waals surface area contributed by atoms with Crippen molar-refractivity contribution >= 4 is 27.5 Å². The maximum Gasteiger partial charge on any atom is 0.394 e. The lowest BCUT2D eigenvalue weighted by Crippen LogP contribution is -2.68. The number of aromatic nitrogens is 2. The van der Waals surface area contributed by atoms with Crippen LogP contribution in [0, 0.1) is 5.92 Å². The van der Waals surface area contributed by atoms with Crippen molar-refractivity contribution in [3.8, 4) is 0 Å². The summed E-state index contributed by atoms with van der Waals surface area (Å²) in [4.78, 5) is 31.3. The largest absolute Gasteiger partial charge is 0.394 e. The molecule has 4 atom stereocenters. The first-order valence-electron chi connectivity index (χ1n) is 14.8. The molecule has 0 aromatic carbocycles. The van der Waals surface area contributed by atoms with Gasteiger partial charge in [-0.25, -0.2) is 5.10 Å². The van der Waals surface area contributed by atoms with Crippen LogP contribution in [0.4, 0.5) is 18.9 Å². The monoisotopic (exact) mass is 647 g/mol. The topological polar surface area (TPSA) is 106 Å². The van der Waals surface area contributed by atoms with Gasteiger partial charge in [0.25, 0.3) is 11.5 Å². The summed E-state index contributed by atoms with van der Waals surface area (Å²) in [5.41, 5.74) is 0.224. The van der Waals surface area contributed by atoms with Gasteiger partial charge in [0.1, 0.15) is 16.9 Å². The van der Waals surface area contributed by atoms with Gasteiger partial charge >= 0.3 is 6.18 Å². The molecule has 4 aliphatic rings. The van der Waals surface area contributed by atoms with Crippen molar-refractivity contribution in [2.45, 2.75) is 95.0 Å². The fourth-order valence-corrected chi connectivity index (χ4v) is 7.09. The van der Waals surface area contributed by atoms with Gasteiger partial charge in [-0.05, 0) is 48.5 Å². The number of nitrogens with one attached hydrogen (secondary N) is 3. The summed E-state index contributed by atoms with van der Waals surface area (Å²) in [6.45, 7) is 4.32. The quantitative estimate of drug-likeness (QED) is 0.395. The van der Waals surface area contributed by atoms with Crippen molar-refractivity contribution in [1.29, 1.82) is 0 Å². The van der Waals surface area contributed by atoms with Gasteiger partial charge in [0.05, 0.1) is 24.4 Å². The molecule has 1 aromatic rings. The van der Waals surface area contributed by atoms with Crippen LogP contribution < -0.4 is 16.2 Å². The second-order valence-electron chi connectivity index (χ2n) is 11.9. The van der Waals surface area contributed by atoms with Crippen LogP contribution in [-0.2, 0) is 9.53 Å². The van der Waals surface area contributed by atoms with Crippen LogP contribution in [-0.4, -0.2) is 107 Å². The normalized spacial score (nSPS) is 28.8. The van der Waals surface area contributed by atoms with Gasteiger partial charge < -0.3 is 15.0 Å². The number of H-pyrrole nitrogens is 1. The third-order valence-corrected chi connectivity index (χ3v) is 9.81. The Hall–Kier alpha value is -1.74. The summed E-state index contributed by atoms with van der Waals surface area (Å²) in [6.07, 6.45) is 4.04. The van der Waals surface area contributed by atoms with E-state index in [1.54, 1.807) is 0 Å². The Bertz CT molecular complexity index is 1090. The maximum absolute atomic E-state index is 13.6. The highest BCUT2D eigenvalue weighted by Gasteiger charge is 2.47. The Labute approximate surface area is 246 Å². The predicted octanol–water partition coefficient (Wildman–Crippen LogP) is 3.11. The first kappa shape index (κ1) is 30.7. The third kappa shape index (κ3) is 7.26. The summed E-state index contributed by atoms with van der Waals surface area (Å²) in [5, 5.41) is 12.6. The van der Waals surface area contributed by atoms with E-state index >= 15 is 0 Å². The standard InChI is InChI=1S/C27H41BrF3N7O3/c1-17(34-21-14-33-35-24(39)23(21)28)16-41-22-9-12-37(25(22)40)20-7-10-36(11-8-20)26-32-13-18(27(29,30)31)15-38(26)19-5-3-2-4-6-19/h14,17-20,22,26,32H,2-13,15-16H2,1H3,(H2,34,35,39)/t17-,18?,22+,26?/m0/s1. The Balaban J connectivity index is 1.11. The van der Waals surface area contributed by atoms with Crippen molar-refractivity contribution in [3.05, 3.63) is 21.0 Å². The molecule has 1 amide bonds. The molecule has 41 heavy (non-hydrogen) atoms. The van der Waals surface area contributed by atoms with E-state index in [-0.39, 0.29) is 49.0 Å². The van der Waals surface area contributed by atoms with Crippen LogP contribution in [0.1, 0.15) is 58.3 Å². The zero-order valence-corrected chi connectivity index (χ0v) is 25.1. The minimum absolute atomic E-state index is 0.00213. The van der Waals surface area contributed by atoms with Crippen LogP contribution in [0.3, 0.4) is 0 Å². The molecule has 3 saturated heterocycles. The summed E-state index contributed by atoms with van der Waals surface area (Å²) < 4.78 is 47.2. The van der Waals surface area contributed by atoms with E-state index in [1.807, 2.05) is 11.8 Å². The molecule has 3 aliphatic heterocycles. The summed E-state index contributed by atoms with van der Waals surface area (Å²) in [7, 11) is 0. The number of aromatic amines is 1. The van der Waals surface area contributed by atoms with E-state index < -0.39 is 18.2 Å². The van der Waals surface area contributed by atoms with Crippen molar-refractivity contribution in [2.24, 2.45) is 5.92 Å². The minimum Gasteiger partial charge on any atom is -0.378 e. The van der Waals surface area contributed by atoms with E-state index in [2.05, 4.69) is 46.6 Å². The molecule has 14 heteroatoms. The molecule has 0 spiro atoms. The Morgan fingerprint density at radius 2 is 1.83 bits per heavy atom. The molecule has 4 heterocycles. The fourth-order valence-electron chi connectivity index (χ4n) is 6.79. The average Bonchev–Trinajstić information content (AvgIpc) is 3.34. The number of amides is 1. The van der Waals surface area contributed by atoms with E-state index in [1.165, 1.54) is 6.20 Å². The number of rotatable bonds is 8. The molecule has 1 aliphatic carbocycles. The van der Waals surface area contributed by atoms with Gasteiger partial charge in [0, 0.05) is 57.3 Å². The molecule has 10 nitrogen and oxygen atoms in total. The lowest BCUT2D eigenvalue weighted by atomic mass is 9.92. The predicted molar refractivity (Wildman–Crippen MR) is 151 cm³/mol. The lowest BCUT2D eigenvalue weighted by molar-refractivity contribution is -0.200. The molecule has 1 aromatic heterocycles. The number of halogens is 4. The van der Waals surface area contributed by atoms with Crippen molar-refractivity contribution < 1.29 is 22.7 Å². The first-order chi connectivity index (χ1) is 19.6. The van der Waals surface area contributed by atoms with Gasteiger partial charge in [-0.1, -0.05) is 19.3 Å². The molecular formula is C27H41BrF3N7O3. The highest BCUT2D eigenvalue weighted by molar-refractivity contribution is 9.10. The molecule has 0 bridgehead atoms. The number of nitrogens with zero attached hydrogens (tertiary/aromatic N) is 4. The summed E-state index contributed by atoms with van der Waals surface area (Å²) in [5.74, 6) is -1.34. The van der Waals surface area contributed by atoms with Crippen LogP contribution in [0.25, 0.3) is 0 Å². The Morgan fingerprint density at radius 3 is 2.54 bits per heavy atom. The van der Waals surface area contributed by atoms with Gasteiger partial charge in [-0.15, -0.1) is 0 Å². The third-order valence-electron chi connectivity index (χ3n) is 9.02. The second kappa shape index (κ2) is 13.3. The van der Waals surface area contributed by atoms with Crippen molar-refractivity contribution in [2.75, 3.05) is 44.6 Å². The van der Waals surface area contributed by atoms with Crippen LogP contribution in [0.5, 0.6) is 0 Å². The van der Waals surface area contributed by atoms with Crippen LogP contribution >= 0.6 is 15.9 Å². The smallest absolute Gasteiger partial charge is 0.378 e. The van der Waals surface area contributed by atoms with Gasteiger partial charge in [0.2, 0.25) is 0 Å². The van der Waals surface area contributed by atoms with E-state index in [4.69, 9.17) is 4.74 Å². The first-order valence-corrected chi connectivity index (χ1v) is 15.6. The fraction of sp³-hybridized carbons (Fsp3) is 0.815. The Morgan fingerprint density at radius 1 is 1.10 bits per heavy atom.